The van der Waals surface area contributed by atoms with Gasteiger partial charge in [-0.25, -0.2) is 4.99 Å². The van der Waals surface area contributed by atoms with Crippen LogP contribution in [0.5, 0.6) is 11.5 Å². The molecule has 2 heterocycles. The molecule has 0 radical (unpaired) electrons. The highest BCUT2D eigenvalue weighted by Crippen LogP contribution is 2.28. The average molecular weight is 458 g/mol. The first kappa shape index (κ1) is 19.3. The summed E-state index contributed by atoms with van der Waals surface area (Å²) in [5.74, 6) is 3.53. The van der Waals surface area contributed by atoms with Crippen molar-refractivity contribution in [3.63, 3.8) is 0 Å². The maximum atomic E-state index is 6.00. The van der Waals surface area contributed by atoms with E-state index >= 15 is 0 Å². The summed E-state index contributed by atoms with van der Waals surface area (Å²) in [7, 11) is 3.21. The van der Waals surface area contributed by atoms with E-state index in [2.05, 4.69) is 25.1 Å². The molecule has 8 nitrogen and oxygen atoms in total. The van der Waals surface area contributed by atoms with Crippen molar-refractivity contribution in [2.45, 2.75) is 32.4 Å². The number of methoxy groups -OCH3 is 2. The first-order valence-corrected chi connectivity index (χ1v) is 7.91. The van der Waals surface area contributed by atoms with E-state index in [1.54, 1.807) is 20.3 Å². The minimum absolute atomic E-state index is 0. The van der Waals surface area contributed by atoms with Crippen LogP contribution >= 0.6 is 24.0 Å². The molecule has 1 aromatic carbocycles. The van der Waals surface area contributed by atoms with Gasteiger partial charge in [-0.3, -0.25) is 0 Å². The molecule has 1 aliphatic heterocycles. The SMILES string of the molecule is COc1ccc(OC)c(NC(N)=NCc2nnc3n2CCCC3)c1.I. The van der Waals surface area contributed by atoms with Crippen molar-refractivity contribution in [3.05, 3.63) is 29.8 Å². The maximum absolute atomic E-state index is 6.00. The van der Waals surface area contributed by atoms with Crippen LogP contribution in [0.3, 0.4) is 0 Å². The molecule has 1 aliphatic rings. The molecular weight excluding hydrogens is 435 g/mol. The zero-order chi connectivity index (χ0) is 16.9. The zero-order valence-corrected chi connectivity index (χ0v) is 16.7. The summed E-state index contributed by atoms with van der Waals surface area (Å²) in [5, 5.41) is 11.5. The van der Waals surface area contributed by atoms with Gasteiger partial charge in [0.15, 0.2) is 11.8 Å². The number of aliphatic imine (C=N–C) groups is 1. The van der Waals surface area contributed by atoms with E-state index in [1.807, 2.05) is 12.1 Å². The molecule has 0 saturated carbocycles. The van der Waals surface area contributed by atoms with E-state index in [0.29, 0.717) is 23.7 Å². The summed E-state index contributed by atoms with van der Waals surface area (Å²) in [6.07, 6.45) is 3.29. The molecule has 0 aliphatic carbocycles. The summed E-state index contributed by atoms with van der Waals surface area (Å²) in [4.78, 5) is 4.36. The number of nitrogens with zero attached hydrogens (tertiary/aromatic N) is 4. The Hall–Kier alpha value is -2.04. The summed E-state index contributed by atoms with van der Waals surface area (Å²) in [5.41, 5.74) is 6.69. The van der Waals surface area contributed by atoms with Gasteiger partial charge in [-0.1, -0.05) is 0 Å². The third-order valence-electron chi connectivity index (χ3n) is 4.00. The predicted molar refractivity (Wildman–Crippen MR) is 107 cm³/mol. The third kappa shape index (κ3) is 4.53. The van der Waals surface area contributed by atoms with Crippen molar-refractivity contribution in [2.24, 2.45) is 10.7 Å². The van der Waals surface area contributed by atoms with Crippen molar-refractivity contribution in [3.8, 4) is 11.5 Å². The number of halogens is 1. The lowest BCUT2D eigenvalue weighted by molar-refractivity contribution is 0.405. The largest absolute Gasteiger partial charge is 0.497 e. The second-order valence-corrected chi connectivity index (χ2v) is 5.53. The highest BCUT2D eigenvalue weighted by molar-refractivity contribution is 14.0. The molecule has 0 amide bonds. The Kier molecular flexibility index (Phi) is 6.85. The van der Waals surface area contributed by atoms with Crippen LogP contribution in [0.15, 0.2) is 23.2 Å². The van der Waals surface area contributed by atoms with Gasteiger partial charge in [-0.15, -0.1) is 34.2 Å². The van der Waals surface area contributed by atoms with Gasteiger partial charge in [-0.2, -0.15) is 0 Å². The molecule has 1 aromatic heterocycles. The molecule has 25 heavy (non-hydrogen) atoms. The van der Waals surface area contributed by atoms with E-state index in [-0.39, 0.29) is 29.9 Å². The van der Waals surface area contributed by atoms with E-state index in [4.69, 9.17) is 15.2 Å². The van der Waals surface area contributed by atoms with Crippen molar-refractivity contribution in [2.75, 3.05) is 19.5 Å². The predicted octanol–water partition coefficient (Wildman–Crippen LogP) is 2.18. The second-order valence-electron chi connectivity index (χ2n) is 5.53. The van der Waals surface area contributed by atoms with Gasteiger partial charge in [0.05, 0.1) is 19.9 Å². The minimum Gasteiger partial charge on any atom is -0.497 e. The van der Waals surface area contributed by atoms with Gasteiger partial charge in [-0.05, 0) is 25.0 Å². The number of anilines is 1. The number of rotatable bonds is 5. The van der Waals surface area contributed by atoms with Crippen LogP contribution in [0.4, 0.5) is 5.69 Å². The summed E-state index contributed by atoms with van der Waals surface area (Å²) in [6.45, 7) is 1.34. The lowest BCUT2D eigenvalue weighted by atomic mass is 10.2. The fraction of sp³-hybridized carbons (Fsp3) is 0.438. The molecule has 0 atom stereocenters. The van der Waals surface area contributed by atoms with Crippen LogP contribution in [-0.2, 0) is 19.5 Å². The van der Waals surface area contributed by atoms with Gasteiger partial charge in [0.1, 0.15) is 23.9 Å². The monoisotopic (exact) mass is 458 g/mol. The fourth-order valence-corrected chi connectivity index (χ4v) is 2.73. The third-order valence-corrected chi connectivity index (χ3v) is 4.00. The van der Waals surface area contributed by atoms with Crippen LogP contribution < -0.4 is 20.5 Å². The highest BCUT2D eigenvalue weighted by atomic mass is 127. The highest BCUT2D eigenvalue weighted by Gasteiger charge is 2.15. The number of aromatic nitrogens is 3. The van der Waals surface area contributed by atoms with Gasteiger partial charge in [0.2, 0.25) is 0 Å². The Balaban J connectivity index is 0.00000225. The number of guanidine groups is 1. The Bertz CT molecular complexity index is 746. The minimum atomic E-state index is 0. The van der Waals surface area contributed by atoms with Gasteiger partial charge < -0.3 is 25.1 Å². The van der Waals surface area contributed by atoms with Gasteiger partial charge >= 0.3 is 0 Å². The fourth-order valence-electron chi connectivity index (χ4n) is 2.73. The molecule has 3 N–H and O–H groups in total. The number of benzene rings is 1. The molecular formula is C16H23IN6O2. The summed E-state index contributed by atoms with van der Waals surface area (Å²) in [6, 6.07) is 5.43. The van der Waals surface area contributed by atoms with Crippen LogP contribution in [0, 0.1) is 0 Å². The number of hydrogen-bond donors (Lipinski definition) is 2. The van der Waals surface area contributed by atoms with Crippen molar-refractivity contribution >= 4 is 35.6 Å². The van der Waals surface area contributed by atoms with Crippen molar-refractivity contribution < 1.29 is 9.47 Å². The van der Waals surface area contributed by atoms with E-state index in [1.165, 1.54) is 6.42 Å². The first-order valence-electron chi connectivity index (χ1n) is 7.91. The quantitative estimate of drug-likeness (QED) is 0.405. The Morgan fingerprint density at radius 2 is 2.12 bits per heavy atom. The van der Waals surface area contributed by atoms with E-state index < -0.39 is 0 Å². The maximum Gasteiger partial charge on any atom is 0.193 e. The standard InChI is InChI=1S/C16H22N6O2.HI/c1-23-11-6-7-13(24-2)12(9-11)19-16(17)18-10-15-21-20-14-5-3-4-8-22(14)15;/h6-7,9H,3-5,8,10H2,1-2H3,(H3,17,18,19);1H. The number of ether oxygens (including phenoxy) is 2. The van der Waals surface area contributed by atoms with Crippen LogP contribution in [-0.4, -0.2) is 34.9 Å². The number of fused-ring (bicyclic) bond motifs is 1. The van der Waals surface area contributed by atoms with Crippen molar-refractivity contribution in [1.29, 1.82) is 0 Å². The Morgan fingerprint density at radius 3 is 2.88 bits per heavy atom. The average Bonchev–Trinajstić information content (AvgIpc) is 3.03. The van der Waals surface area contributed by atoms with Crippen molar-refractivity contribution in [1.82, 2.24) is 14.8 Å². The zero-order valence-electron chi connectivity index (χ0n) is 14.4. The topological polar surface area (TPSA) is 99.6 Å². The molecule has 0 saturated heterocycles. The molecule has 136 valence electrons. The Morgan fingerprint density at radius 1 is 1.28 bits per heavy atom. The lowest BCUT2D eigenvalue weighted by Gasteiger charge is -2.14. The molecule has 0 bridgehead atoms. The molecule has 0 spiro atoms. The van der Waals surface area contributed by atoms with Crippen LogP contribution in [0.25, 0.3) is 0 Å². The van der Waals surface area contributed by atoms with Gasteiger partial charge in [0, 0.05) is 19.0 Å². The molecule has 0 unspecified atom stereocenters. The van der Waals surface area contributed by atoms with Gasteiger partial charge in [0.25, 0.3) is 0 Å². The first-order chi connectivity index (χ1) is 11.7. The summed E-state index contributed by atoms with van der Waals surface area (Å²) >= 11 is 0. The molecule has 2 aromatic rings. The lowest BCUT2D eigenvalue weighted by Crippen LogP contribution is -2.23. The van der Waals surface area contributed by atoms with E-state index in [0.717, 1.165) is 31.0 Å². The normalized spacial score (nSPS) is 13.6. The molecule has 0 fully saturated rings. The summed E-state index contributed by atoms with van der Waals surface area (Å²) < 4.78 is 12.7. The van der Waals surface area contributed by atoms with Crippen LogP contribution in [0.2, 0.25) is 0 Å². The number of hydrogen-bond acceptors (Lipinski definition) is 5. The second kappa shape index (κ2) is 8.88. The molecule has 9 heteroatoms. The smallest absolute Gasteiger partial charge is 0.193 e. The van der Waals surface area contributed by atoms with Crippen LogP contribution in [0.1, 0.15) is 24.5 Å². The molecule has 3 rings (SSSR count). The number of nitrogens with two attached hydrogens (primary N) is 1. The number of nitrogens with one attached hydrogen (secondary N) is 1. The Labute approximate surface area is 163 Å². The number of aryl methyl sites for hydroxylation is 1. The van der Waals surface area contributed by atoms with E-state index in [9.17, 15) is 0 Å².